The fourth-order valence-corrected chi connectivity index (χ4v) is 3.60. The summed E-state index contributed by atoms with van der Waals surface area (Å²) in [5.74, 6) is -1.99. The molecule has 1 unspecified atom stereocenters. The average molecular weight is 386 g/mol. The van der Waals surface area contributed by atoms with Crippen molar-refractivity contribution in [2.24, 2.45) is 11.8 Å². The molecule has 1 aromatic carbocycles. The molecule has 1 aliphatic heterocycles. The van der Waals surface area contributed by atoms with Crippen LogP contribution in [0.15, 0.2) is 22.7 Å². The van der Waals surface area contributed by atoms with Crippen LogP contribution in [0, 0.1) is 17.7 Å². The topological polar surface area (TPSA) is 57.6 Å². The largest absolute Gasteiger partial charge is 0.481 e. The Hall–Kier alpha value is -1.43. The summed E-state index contributed by atoms with van der Waals surface area (Å²) in [6.45, 7) is 4.23. The van der Waals surface area contributed by atoms with Gasteiger partial charge in [-0.25, -0.2) is 4.39 Å². The van der Waals surface area contributed by atoms with E-state index in [1.165, 1.54) is 6.07 Å². The molecular formula is C17H21BrFNO3. The van der Waals surface area contributed by atoms with Crippen LogP contribution in [0.1, 0.15) is 32.3 Å². The normalized spacial score (nSPS) is 22.7. The van der Waals surface area contributed by atoms with E-state index in [1.807, 2.05) is 6.92 Å². The van der Waals surface area contributed by atoms with Gasteiger partial charge in [0.2, 0.25) is 5.91 Å². The number of carboxylic acids is 1. The molecule has 1 N–H and O–H groups in total. The van der Waals surface area contributed by atoms with Crippen LogP contribution in [-0.4, -0.2) is 34.5 Å². The molecule has 2 rings (SSSR count). The summed E-state index contributed by atoms with van der Waals surface area (Å²) in [7, 11) is 0. The lowest BCUT2D eigenvalue weighted by molar-refractivity contribution is -0.150. The van der Waals surface area contributed by atoms with Gasteiger partial charge in [0, 0.05) is 18.5 Å². The van der Waals surface area contributed by atoms with Crippen molar-refractivity contribution in [3.05, 3.63) is 34.1 Å². The quantitative estimate of drug-likeness (QED) is 0.862. The molecule has 0 aromatic heterocycles. The van der Waals surface area contributed by atoms with Crippen LogP contribution in [0.3, 0.4) is 0 Å². The lowest BCUT2D eigenvalue weighted by Gasteiger charge is -2.39. The number of piperidine rings is 1. The van der Waals surface area contributed by atoms with E-state index in [4.69, 9.17) is 0 Å². The molecule has 1 amide bonds. The third kappa shape index (κ3) is 4.10. The molecule has 1 saturated heterocycles. The molecule has 1 fully saturated rings. The predicted molar refractivity (Wildman–Crippen MR) is 88.5 cm³/mol. The van der Waals surface area contributed by atoms with Gasteiger partial charge in [-0.2, -0.15) is 0 Å². The summed E-state index contributed by atoms with van der Waals surface area (Å²) in [5.41, 5.74) is 0.874. The van der Waals surface area contributed by atoms with Gasteiger partial charge in [-0.05, 0) is 59.8 Å². The van der Waals surface area contributed by atoms with Crippen molar-refractivity contribution in [2.75, 3.05) is 6.54 Å². The lowest BCUT2D eigenvalue weighted by atomic mass is 9.88. The van der Waals surface area contributed by atoms with Crippen molar-refractivity contribution in [1.29, 1.82) is 0 Å². The number of carbonyl (C=O) groups excluding carboxylic acids is 1. The fourth-order valence-electron chi connectivity index (χ4n) is 3.17. The van der Waals surface area contributed by atoms with Crippen LogP contribution in [0.4, 0.5) is 4.39 Å². The number of hydrogen-bond donors (Lipinski definition) is 1. The first-order valence-corrected chi connectivity index (χ1v) is 8.57. The molecule has 3 atom stereocenters. The van der Waals surface area contributed by atoms with Crippen molar-refractivity contribution in [3.63, 3.8) is 0 Å². The zero-order chi connectivity index (χ0) is 17.1. The number of nitrogens with zero attached hydrogens (tertiary/aromatic N) is 1. The third-order valence-corrected chi connectivity index (χ3v) is 5.14. The third-order valence-electron chi connectivity index (χ3n) is 4.54. The van der Waals surface area contributed by atoms with Gasteiger partial charge in [-0.3, -0.25) is 9.59 Å². The molecule has 1 aliphatic rings. The van der Waals surface area contributed by atoms with Gasteiger partial charge in [-0.1, -0.05) is 13.0 Å². The van der Waals surface area contributed by atoms with Crippen molar-refractivity contribution < 1.29 is 19.1 Å². The molecule has 0 aliphatic carbocycles. The second kappa shape index (κ2) is 7.43. The van der Waals surface area contributed by atoms with Gasteiger partial charge >= 0.3 is 5.97 Å². The van der Waals surface area contributed by atoms with Gasteiger partial charge < -0.3 is 10.0 Å². The summed E-state index contributed by atoms with van der Waals surface area (Å²) in [6, 6.07) is 4.43. The number of amides is 1. The summed E-state index contributed by atoms with van der Waals surface area (Å²) < 4.78 is 13.7. The SMILES string of the molecule is CC(Cc1ccc(F)c(Br)c1)C(=O)N1CCC[C@H](C(=O)O)[C@@H]1C. The molecular weight excluding hydrogens is 365 g/mol. The average Bonchev–Trinajstić information content (AvgIpc) is 2.50. The lowest BCUT2D eigenvalue weighted by Crippen LogP contribution is -2.50. The number of benzene rings is 1. The Morgan fingerprint density at radius 2 is 2.17 bits per heavy atom. The highest BCUT2D eigenvalue weighted by Crippen LogP contribution is 2.26. The second-order valence-electron chi connectivity index (χ2n) is 6.21. The number of aliphatic carboxylic acids is 1. The van der Waals surface area contributed by atoms with Crippen LogP contribution >= 0.6 is 15.9 Å². The number of halogens is 2. The Morgan fingerprint density at radius 3 is 2.78 bits per heavy atom. The van der Waals surface area contributed by atoms with Gasteiger partial charge in [0.25, 0.3) is 0 Å². The van der Waals surface area contributed by atoms with Crippen LogP contribution in [-0.2, 0) is 16.0 Å². The Balaban J connectivity index is 2.06. The number of carboxylic acid groups (broad SMARTS) is 1. The Labute approximate surface area is 143 Å². The van der Waals surface area contributed by atoms with E-state index in [0.717, 1.165) is 5.56 Å². The Morgan fingerprint density at radius 1 is 1.48 bits per heavy atom. The number of rotatable bonds is 4. The van der Waals surface area contributed by atoms with Crippen molar-refractivity contribution in [1.82, 2.24) is 4.90 Å². The highest BCUT2D eigenvalue weighted by Gasteiger charge is 2.36. The smallest absolute Gasteiger partial charge is 0.308 e. The van der Waals surface area contributed by atoms with Gasteiger partial charge in [0.15, 0.2) is 0 Å². The van der Waals surface area contributed by atoms with Crippen LogP contribution in [0.5, 0.6) is 0 Å². The zero-order valence-corrected chi connectivity index (χ0v) is 14.8. The van der Waals surface area contributed by atoms with E-state index in [-0.39, 0.29) is 23.7 Å². The fraction of sp³-hybridized carbons (Fsp3) is 0.529. The number of hydrogen-bond acceptors (Lipinski definition) is 2. The first-order chi connectivity index (χ1) is 10.8. The summed E-state index contributed by atoms with van der Waals surface area (Å²) in [5, 5.41) is 9.26. The molecule has 0 bridgehead atoms. The van der Waals surface area contributed by atoms with Crippen LogP contribution in [0.25, 0.3) is 0 Å². The maximum atomic E-state index is 13.3. The highest BCUT2D eigenvalue weighted by molar-refractivity contribution is 9.10. The maximum Gasteiger partial charge on any atom is 0.308 e. The van der Waals surface area contributed by atoms with Crippen LogP contribution < -0.4 is 0 Å². The van der Waals surface area contributed by atoms with E-state index < -0.39 is 11.9 Å². The van der Waals surface area contributed by atoms with E-state index in [2.05, 4.69) is 15.9 Å². The molecule has 1 heterocycles. The van der Waals surface area contributed by atoms with E-state index >= 15 is 0 Å². The molecule has 0 saturated carbocycles. The monoisotopic (exact) mass is 385 g/mol. The zero-order valence-electron chi connectivity index (χ0n) is 13.3. The minimum absolute atomic E-state index is 0.0381. The van der Waals surface area contributed by atoms with Crippen molar-refractivity contribution >= 4 is 27.8 Å². The molecule has 6 heteroatoms. The minimum Gasteiger partial charge on any atom is -0.481 e. The Bertz CT molecular complexity index is 608. The summed E-state index contributed by atoms with van der Waals surface area (Å²) in [4.78, 5) is 25.7. The molecule has 4 nitrogen and oxygen atoms in total. The van der Waals surface area contributed by atoms with Crippen molar-refractivity contribution in [2.45, 2.75) is 39.2 Å². The highest BCUT2D eigenvalue weighted by atomic mass is 79.9. The molecule has 126 valence electrons. The van der Waals surface area contributed by atoms with Gasteiger partial charge in [0.1, 0.15) is 5.82 Å². The molecule has 1 aromatic rings. The van der Waals surface area contributed by atoms with Crippen LogP contribution in [0.2, 0.25) is 0 Å². The van der Waals surface area contributed by atoms with E-state index in [0.29, 0.717) is 30.3 Å². The standard InChI is InChI=1S/C17H21BrFNO3/c1-10(8-12-5-6-15(19)14(18)9-12)16(21)20-7-3-4-13(11(20)2)17(22)23/h5-6,9-11,13H,3-4,7-8H2,1-2H3,(H,22,23)/t10?,11-,13-/m0/s1. The number of likely N-dealkylation sites (tertiary alicyclic amines) is 1. The summed E-state index contributed by atoms with van der Waals surface area (Å²) >= 11 is 3.15. The van der Waals surface area contributed by atoms with Crippen molar-refractivity contribution in [3.8, 4) is 0 Å². The minimum atomic E-state index is -0.842. The van der Waals surface area contributed by atoms with E-state index in [1.54, 1.807) is 24.0 Å². The first-order valence-electron chi connectivity index (χ1n) is 7.78. The predicted octanol–water partition coefficient (Wildman–Crippen LogP) is 3.48. The van der Waals surface area contributed by atoms with Gasteiger partial charge in [-0.15, -0.1) is 0 Å². The molecule has 0 spiro atoms. The summed E-state index contributed by atoms with van der Waals surface area (Å²) in [6.07, 6.45) is 1.82. The molecule has 23 heavy (non-hydrogen) atoms. The Kier molecular flexibility index (Phi) is 5.79. The van der Waals surface area contributed by atoms with Gasteiger partial charge in [0.05, 0.1) is 10.4 Å². The first kappa shape index (κ1) is 17.9. The molecule has 0 radical (unpaired) electrons. The second-order valence-corrected chi connectivity index (χ2v) is 7.07. The number of carbonyl (C=O) groups is 2. The van der Waals surface area contributed by atoms with E-state index in [9.17, 15) is 19.1 Å². The maximum absolute atomic E-state index is 13.3.